The van der Waals surface area contributed by atoms with E-state index < -0.39 is 0 Å². The van der Waals surface area contributed by atoms with Gasteiger partial charge in [-0.25, -0.2) is 9.37 Å². The summed E-state index contributed by atoms with van der Waals surface area (Å²) in [6, 6.07) is 15.0. The molecule has 2 amide bonds. The highest BCUT2D eigenvalue weighted by Gasteiger charge is 2.20. The highest BCUT2D eigenvalue weighted by molar-refractivity contribution is 7.14. The maximum Gasteiger partial charge on any atom is 0.273 e. The smallest absolute Gasteiger partial charge is 0.273 e. The molecule has 162 valence electrons. The maximum atomic E-state index is 13.0. The van der Waals surface area contributed by atoms with Crippen LogP contribution in [-0.2, 0) is 9.53 Å². The van der Waals surface area contributed by atoms with E-state index in [4.69, 9.17) is 4.74 Å². The fourth-order valence-electron chi connectivity index (χ4n) is 2.75. The van der Waals surface area contributed by atoms with Crippen molar-refractivity contribution in [3.63, 3.8) is 0 Å². The van der Waals surface area contributed by atoms with Gasteiger partial charge in [0.25, 0.3) is 5.91 Å². The van der Waals surface area contributed by atoms with Crippen LogP contribution in [0, 0.1) is 5.82 Å². The third-order valence-corrected chi connectivity index (χ3v) is 5.10. The lowest BCUT2D eigenvalue weighted by molar-refractivity contribution is -0.116. The Morgan fingerprint density at radius 2 is 1.81 bits per heavy atom. The predicted molar refractivity (Wildman–Crippen MR) is 119 cm³/mol. The molecule has 2 N–H and O–H groups in total. The molecular weight excluding hydrogens is 419 g/mol. The van der Waals surface area contributed by atoms with Crippen LogP contribution in [0.5, 0.6) is 0 Å². The van der Waals surface area contributed by atoms with E-state index in [1.807, 2.05) is 18.2 Å². The number of hydrogen-bond donors (Lipinski definition) is 2. The zero-order chi connectivity index (χ0) is 22.1. The number of thiazole rings is 1. The molecule has 0 unspecified atom stereocenters. The van der Waals surface area contributed by atoms with Crippen molar-refractivity contribution in [1.82, 2.24) is 9.88 Å². The zero-order valence-corrected chi connectivity index (χ0v) is 17.8. The number of carbonyl (C=O) groups is 2. The van der Waals surface area contributed by atoms with Gasteiger partial charge in [-0.05, 0) is 36.4 Å². The zero-order valence-electron chi connectivity index (χ0n) is 17.0. The second-order valence-corrected chi connectivity index (χ2v) is 7.48. The molecule has 3 aromatic rings. The first kappa shape index (κ1) is 22.4. The molecule has 0 aliphatic heterocycles. The largest absolute Gasteiger partial charge is 0.383 e. The number of amides is 2. The fraction of sp³-hybridized carbons (Fsp3) is 0.227. The molecule has 0 bridgehead atoms. The third-order valence-electron chi connectivity index (χ3n) is 4.34. The minimum absolute atomic E-state index is 0.148. The van der Waals surface area contributed by atoms with E-state index in [1.54, 1.807) is 41.7 Å². The van der Waals surface area contributed by atoms with Crippen molar-refractivity contribution < 1.29 is 18.7 Å². The first-order valence-corrected chi connectivity index (χ1v) is 10.5. The molecule has 1 aromatic heterocycles. The molecule has 0 spiro atoms. The molecule has 1 heterocycles. The molecule has 0 aliphatic rings. The highest BCUT2D eigenvalue weighted by Crippen LogP contribution is 2.22. The van der Waals surface area contributed by atoms with Crippen molar-refractivity contribution in [1.29, 1.82) is 0 Å². The molecular formula is C22H23FN4O3S. The van der Waals surface area contributed by atoms with Gasteiger partial charge < -0.3 is 20.3 Å². The summed E-state index contributed by atoms with van der Waals surface area (Å²) >= 11 is 1.27. The van der Waals surface area contributed by atoms with Crippen LogP contribution in [0.15, 0.2) is 60.0 Å². The number of carbonyl (C=O) groups excluding carboxylic acids is 2. The van der Waals surface area contributed by atoms with Gasteiger partial charge in [0, 0.05) is 43.4 Å². The average Bonchev–Trinajstić information content (AvgIpc) is 3.24. The van der Waals surface area contributed by atoms with Crippen LogP contribution in [0.1, 0.15) is 16.9 Å². The molecule has 0 radical (unpaired) electrons. The van der Waals surface area contributed by atoms with Gasteiger partial charge in [-0.3, -0.25) is 9.59 Å². The number of halogens is 1. The van der Waals surface area contributed by atoms with Crippen LogP contribution in [0.2, 0.25) is 0 Å². The Kier molecular flexibility index (Phi) is 8.08. The van der Waals surface area contributed by atoms with Crippen LogP contribution < -0.4 is 10.6 Å². The maximum absolute atomic E-state index is 13.0. The molecule has 3 rings (SSSR count). The number of para-hydroxylation sites is 1. The topological polar surface area (TPSA) is 83.6 Å². The number of nitrogens with one attached hydrogen (secondary N) is 2. The summed E-state index contributed by atoms with van der Waals surface area (Å²) in [5.41, 5.74) is 1.65. The molecule has 0 fully saturated rings. The lowest BCUT2D eigenvalue weighted by atomic mass is 10.3. The molecule has 0 atom stereocenters. The highest BCUT2D eigenvalue weighted by atomic mass is 32.1. The van der Waals surface area contributed by atoms with E-state index in [0.717, 1.165) is 0 Å². The van der Waals surface area contributed by atoms with Crippen LogP contribution in [0.4, 0.5) is 20.9 Å². The number of aromatic nitrogens is 1. The van der Waals surface area contributed by atoms with Gasteiger partial charge in [0.05, 0.1) is 6.61 Å². The van der Waals surface area contributed by atoms with E-state index in [9.17, 15) is 14.0 Å². The van der Waals surface area contributed by atoms with E-state index in [0.29, 0.717) is 29.7 Å². The Balaban J connectivity index is 1.60. The van der Waals surface area contributed by atoms with Gasteiger partial charge in [-0.2, -0.15) is 0 Å². The summed E-state index contributed by atoms with van der Waals surface area (Å²) in [6.07, 6.45) is 0.148. The molecule has 9 heteroatoms. The summed E-state index contributed by atoms with van der Waals surface area (Å²) in [4.78, 5) is 31.1. The average molecular weight is 443 g/mol. The summed E-state index contributed by atoms with van der Waals surface area (Å²) in [7, 11) is 1.55. The van der Waals surface area contributed by atoms with Crippen molar-refractivity contribution in [2.24, 2.45) is 0 Å². The van der Waals surface area contributed by atoms with Gasteiger partial charge in [0.15, 0.2) is 5.13 Å². The van der Waals surface area contributed by atoms with Crippen molar-refractivity contribution in [3.8, 4) is 0 Å². The molecule has 0 saturated heterocycles. The first-order chi connectivity index (χ1) is 15.0. The summed E-state index contributed by atoms with van der Waals surface area (Å²) in [5, 5.41) is 8.02. The SMILES string of the molecule is COCCN(CCC(=O)Nc1ccccc1)C(=O)c1csc(Nc2ccc(F)cc2)n1. The van der Waals surface area contributed by atoms with Crippen molar-refractivity contribution in [2.75, 3.05) is 37.4 Å². The monoisotopic (exact) mass is 442 g/mol. The van der Waals surface area contributed by atoms with Crippen LogP contribution >= 0.6 is 11.3 Å². The van der Waals surface area contributed by atoms with Gasteiger partial charge in [-0.15, -0.1) is 11.3 Å². The van der Waals surface area contributed by atoms with Crippen LogP contribution in [0.3, 0.4) is 0 Å². The molecule has 2 aromatic carbocycles. The Bertz CT molecular complexity index is 996. The molecule has 0 saturated carbocycles. The number of anilines is 3. The predicted octanol–water partition coefficient (Wildman–Crippen LogP) is 4.14. The first-order valence-electron chi connectivity index (χ1n) is 9.66. The molecule has 0 aliphatic carbocycles. The number of rotatable bonds is 10. The lowest BCUT2D eigenvalue weighted by Crippen LogP contribution is -2.36. The van der Waals surface area contributed by atoms with Crippen molar-refractivity contribution >= 4 is 39.7 Å². The standard InChI is InChI=1S/C22H23FN4O3S/c1-30-14-13-27(12-11-20(28)24-17-5-3-2-4-6-17)21(29)19-15-31-22(26-19)25-18-9-7-16(23)8-10-18/h2-10,15H,11-14H2,1H3,(H,24,28)(H,25,26). The third kappa shape index (κ3) is 6.87. The fourth-order valence-corrected chi connectivity index (χ4v) is 3.45. The lowest BCUT2D eigenvalue weighted by Gasteiger charge is -2.21. The minimum atomic E-state index is -0.328. The summed E-state index contributed by atoms with van der Waals surface area (Å²) < 4.78 is 18.1. The van der Waals surface area contributed by atoms with E-state index in [1.165, 1.54) is 23.5 Å². The number of nitrogens with zero attached hydrogens (tertiary/aromatic N) is 2. The van der Waals surface area contributed by atoms with Crippen molar-refractivity contribution in [3.05, 3.63) is 71.5 Å². The second kappa shape index (κ2) is 11.2. The van der Waals surface area contributed by atoms with Gasteiger partial charge in [0.2, 0.25) is 5.91 Å². The normalized spacial score (nSPS) is 10.5. The van der Waals surface area contributed by atoms with Gasteiger partial charge in [-0.1, -0.05) is 18.2 Å². The Labute approximate surface area is 183 Å². The van der Waals surface area contributed by atoms with E-state index in [2.05, 4.69) is 15.6 Å². The Morgan fingerprint density at radius 3 is 2.52 bits per heavy atom. The molecule has 7 nitrogen and oxygen atoms in total. The minimum Gasteiger partial charge on any atom is -0.383 e. The van der Waals surface area contributed by atoms with Gasteiger partial charge in [0.1, 0.15) is 11.5 Å². The number of benzene rings is 2. The van der Waals surface area contributed by atoms with E-state index >= 15 is 0 Å². The Hall–Kier alpha value is -3.30. The van der Waals surface area contributed by atoms with Crippen molar-refractivity contribution in [2.45, 2.75) is 6.42 Å². The Morgan fingerprint density at radius 1 is 1.06 bits per heavy atom. The van der Waals surface area contributed by atoms with Gasteiger partial charge >= 0.3 is 0 Å². The molecule has 31 heavy (non-hydrogen) atoms. The van der Waals surface area contributed by atoms with Crippen LogP contribution in [-0.4, -0.2) is 48.5 Å². The summed E-state index contributed by atoms with van der Waals surface area (Å²) in [6.45, 7) is 0.919. The quantitative estimate of drug-likeness (QED) is 0.493. The van der Waals surface area contributed by atoms with E-state index in [-0.39, 0.29) is 36.3 Å². The summed E-state index contributed by atoms with van der Waals surface area (Å²) in [5.74, 6) is -0.794. The second-order valence-electron chi connectivity index (χ2n) is 6.62. The number of hydrogen-bond acceptors (Lipinski definition) is 6. The number of methoxy groups -OCH3 is 1. The number of ether oxygens (including phenoxy) is 1. The van der Waals surface area contributed by atoms with Crippen LogP contribution in [0.25, 0.3) is 0 Å².